The summed E-state index contributed by atoms with van der Waals surface area (Å²) in [6.07, 6.45) is 3.53. The average Bonchev–Trinajstić information content (AvgIpc) is 2.48. The van der Waals surface area contributed by atoms with Crippen LogP contribution in [0, 0.1) is 0 Å². The number of piperidine rings is 1. The fourth-order valence-electron chi connectivity index (χ4n) is 2.59. The molecule has 0 bridgehead atoms. The Morgan fingerprint density at radius 1 is 1.25 bits per heavy atom. The maximum Gasteiger partial charge on any atom is 0.236 e. The van der Waals surface area contributed by atoms with E-state index in [1.54, 1.807) is 0 Å². The molecular formula is C16H23ClN2O. The van der Waals surface area contributed by atoms with E-state index in [-0.39, 0.29) is 11.9 Å². The summed E-state index contributed by atoms with van der Waals surface area (Å²) in [5.41, 5.74) is 1.18. The molecular weight excluding hydrogens is 272 g/mol. The van der Waals surface area contributed by atoms with Gasteiger partial charge in [-0.2, -0.15) is 0 Å². The lowest BCUT2D eigenvalue weighted by Crippen LogP contribution is -2.42. The van der Waals surface area contributed by atoms with Crippen molar-refractivity contribution in [3.63, 3.8) is 0 Å². The van der Waals surface area contributed by atoms with Crippen molar-refractivity contribution in [3.8, 4) is 0 Å². The smallest absolute Gasteiger partial charge is 0.236 e. The fourth-order valence-corrected chi connectivity index (χ4v) is 2.72. The molecule has 0 saturated carbocycles. The van der Waals surface area contributed by atoms with E-state index < -0.39 is 0 Å². The first-order chi connectivity index (χ1) is 9.58. The third-order valence-electron chi connectivity index (χ3n) is 4.11. The number of nitrogens with zero attached hydrogens (tertiary/aromatic N) is 2. The van der Waals surface area contributed by atoms with Crippen molar-refractivity contribution in [3.05, 3.63) is 34.9 Å². The van der Waals surface area contributed by atoms with Crippen LogP contribution in [0.1, 0.15) is 37.8 Å². The van der Waals surface area contributed by atoms with Gasteiger partial charge in [0.2, 0.25) is 5.91 Å². The number of likely N-dealkylation sites (tertiary alicyclic amines) is 1. The molecule has 1 atom stereocenters. The molecule has 1 heterocycles. The van der Waals surface area contributed by atoms with Crippen LogP contribution in [-0.4, -0.2) is 42.4 Å². The molecule has 3 nitrogen and oxygen atoms in total. The van der Waals surface area contributed by atoms with Crippen molar-refractivity contribution in [2.45, 2.75) is 32.2 Å². The molecule has 1 aliphatic rings. The second kappa shape index (κ2) is 7.09. The number of amides is 1. The Bertz CT molecular complexity index is 440. The number of carbonyl (C=O) groups is 1. The van der Waals surface area contributed by atoms with Crippen molar-refractivity contribution in [1.82, 2.24) is 9.80 Å². The van der Waals surface area contributed by atoms with Crippen LogP contribution in [0.5, 0.6) is 0 Å². The van der Waals surface area contributed by atoms with Gasteiger partial charge in [-0.15, -0.1) is 0 Å². The fraction of sp³-hybridized carbons (Fsp3) is 0.562. The van der Waals surface area contributed by atoms with Crippen LogP contribution in [0.25, 0.3) is 0 Å². The molecule has 110 valence electrons. The molecule has 2 rings (SSSR count). The van der Waals surface area contributed by atoms with E-state index in [0.717, 1.165) is 31.0 Å². The van der Waals surface area contributed by atoms with E-state index in [9.17, 15) is 4.79 Å². The van der Waals surface area contributed by atoms with Crippen LogP contribution in [-0.2, 0) is 4.79 Å². The minimum Gasteiger partial charge on any atom is -0.342 e. The molecule has 1 aromatic rings. The van der Waals surface area contributed by atoms with E-state index in [2.05, 4.69) is 11.8 Å². The Labute approximate surface area is 126 Å². The molecule has 1 aromatic carbocycles. The summed E-state index contributed by atoms with van der Waals surface area (Å²) in [6, 6.07) is 8.05. The number of rotatable bonds is 4. The molecule has 4 heteroatoms. The zero-order chi connectivity index (χ0) is 14.5. The largest absolute Gasteiger partial charge is 0.342 e. The number of hydrogen-bond donors (Lipinski definition) is 0. The summed E-state index contributed by atoms with van der Waals surface area (Å²) in [7, 11) is 2.00. The van der Waals surface area contributed by atoms with Gasteiger partial charge < -0.3 is 4.90 Å². The third-order valence-corrected chi connectivity index (χ3v) is 4.36. The summed E-state index contributed by atoms with van der Waals surface area (Å²) in [6.45, 7) is 4.43. The Morgan fingerprint density at radius 2 is 1.85 bits per heavy atom. The first-order valence-corrected chi connectivity index (χ1v) is 7.69. The third kappa shape index (κ3) is 3.97. The zero-order valence-corrected chi connectivity index (χ0v) is 13.1. The Balaban J connectivity index is 1.91. The van der Waals surface area contributed by atoms with E-state index >= 15 is 0 Å². The van der Waals surface area contributed by atoms with E-state index in [1.165, 1.54) is 12.0 Å². The number of benzene rings is 1. The molecule has 1 aliphatic heterocycles. The van der Waals surface area contributed by atoms with Crippen molar-refractivity contribution < 1.29 is 4.79 Å². The highest BCUT2D eigenvalue weighted by Crippen LogP contribution is 2.21. The molecule has 1 saturated heterocycles. The summed E-state index contributed by atoms with van der Waals surface area (Å²) in [4.78, 5) is 16.4. The molecule has 1 amide bonds. The van der Waals surface area contributed by atoms with Crippen LogP contribution in [0.15, 0.2) is 24.3 Å². The maximum atomic E-state index is 12.3. The molecule has 0 N–H and O–H groups in total. The summed E-state index contributed by atoms with van der Waals surface area (Å²) < 4.78 is 0. The van der Waals surface area contributed by atoms with E-state index in [4.69, 9.17) is 11.6 Å². The van der Waals surface area contributed by atoms with Crippen molar-refractivity contribution in [2.24, 2.45) is 0 Å². The minimum absolute atomic E-state index is 0.209. The highest BCUT2D eigenvalue weighted by molar-refractivity contribution is 6.30. The van der Waals surface area contributed by atoms with Gasteiger partial charge in [-0.25, -0.2) is 0 Å². The lowest BCUT2D eigenvalue weighted by atomic mass is 10.1. The van der Waals surface area contributed by atoms with Gasteiger partial charge in [-0.05, 0) is 50.9 Å². The number of hydrogen-bond acceptors (Lipinski definition) is 2. The van der Waals surface area contributed by atoms with Gasteiger partial charge in [0.25, 0.3) is 0 Å². The second-order valence-corrected chi connectivity index (χ2v) is 6.02. The predicted molar refractivity (Wildman–Crippen MR) is 82.9 cm³/mol. The maximum absolute atomic E-state index is 12.3. The number of halogens is 1. The molecule has 0 aromatic heterocycles. The highest BCUT2D eigenvalue weighted by Gasteiger charge is 2.20. The SMILES string of the molecule is CC(c1ccc(Cl)cc1)N(C)CC(=O)N1CCCCC1. The second-order valence-electron chi connectivity index (χ2n) is 5.58. The first kappa shape index (κ1) is 15.3. The normalized spacial score (nSPS) is 17.3. The molecule has 0 spiro atoms. The predicted octanol–water partition coefficient (Wildman–Crippen LogP) is 3.35. The number of carbonyl (C=O) groups excluding carboxylic acids is 1. The zero-order valence-electron chi connectivity index (χ0n) is 12.3. The average molecular weight is 295 g/mol. The van der Waals surface area contributed by atoms with Crippen LogP contribution in [0.2, 0.25) is 5.02 Å². The standard InChI is InChI=1S/C16H23ClN2O/c1-13(14-6-8-15(17)9-7-14)18(2)12-16(20)19-10-4-3-5-11-19/h6-9,13H,3-5,10-12H2,1-2H3. The van der Waals surface area contributed by atoms with Gasteiger partial charge in [0.15, 0.2) is 0 Å². The van der Waals surface area contributed by atoms with Crippen molar-refractivity contribution >= 4 is 17.5 Å². The molecule has 1 unspecified atom stereocenters. The molecule has 20 heavy (non-hydrogen) atoms. The monoisotopic (exact) mass is 294 g/mol. The topological polar surface area (TPSA) is 23.6 Å². The summed E-state index contributed by atoms with van der Waals surface area (Å²) in [5, 5.41) is 0.744. The van der Waals surface area contributed by atoms with Gasteiger partial charge in [0.05, 0.1) is 6.54 Å². The molecule has 0 radical (unpaired) electrons. The van der Waals surface area contributed by atoms with Gasteiger partial charge in [-0.3, -0.25) is 9.69 Å². The lowest BCUT2D eigenvalue weighted by Gasteiger charge is -2.31. The van der Waals surface area contributed by atoms with Crippen LogP contribution in [0.3, 0.4) is 0 Å². The summed E-state index contributed by atoms with van der Waals surface area (Å²) >= 11 is 5.91. The molecule has 1 fully saturated rings. The first-order valence-electron chi connectivity index (χ1n) is 7.31. The Hall–Kier alpha value is -1.06. The van der Waals surface area contributed by atoms with Crippen LogP contribution >= 0.6 is 11.6 Å². The lowest BCUT2D eigenvalue weighted by molar-refractivity contribution is -0.133. The minimum atomic E-state index is 0.209. The van der Waals surface area contributed by atoms with Crippen LogP contribution < -0.4 is 0 Å². The van der Waals surface area contributed by atoms with Crippen molar-refractivity contribution in [2.75, 3.05) is 26.7 Å². The Kier molecular flexibility index (Phi) is 5.44. The van der Waals surface area contributed by atoms with Gasteiger partial charge in [-0.1, -0.05) is 23.7 Å². The van der Waals surface area contributed by atoms with Crippen molar-refractivity contribution in [1.29, 1.82) is 0 Å². The van der Waals surface area contributed by atoms with Gasteiger partial charge in [0.1, 0.15) is 0 Å². The van der Waals surface area contributed by atoms with Gasteiger partial charge in [0, 0.05) is 24.2 Å². The molecule has 0 aliphatic carbocycles. The highest BCUT2D eigenvalue weighted by atomic mass is 35.5. The van der Waals surface area contributed by atoms with Gasteiger partial charge >= 0.3 is 0 Å². The summed E-state index contributed by atoms with van der Waals surface area (Å²) in [5.74, 6) is 0.244. The van der Waals surface area contributed by atoms with E-state index in [1.807, 2.05) is 36.2 Å². The Morgan fingerprint density at radius 3 is 2.45 bits per heavy atom. The quantitative estimate of drug-likeness (QED) is 0.850. The van der Waals surface area contributed by atoms with E-state index in [0.29, 0.717) is 6.54 Å². The number of likely N-dealkylation sites (N-methyl/N-ethyl adjacent to an activating group) is 1. The van der Waals surface area contributed by atoms with Crippen LogP contribution in [0.4, 0.5) is 0 Å².